The van der Waals surface area contributed by atoms with Crippen molar-refractivity contribution in [2.75, 3.05) is 13.7 Å². The Balaban J connectivity index is 0.00000143. The first-order valence-corrected chi connectivity index (χ1v) is 11.4. The molecule has 3 N–H and O–H groups in total. The van der Waals surface area contributed by atoms with Crippen LogP contribution in [0.3, 0.4) is 0 Å². The monoisotopic (exact) mass is 412 g/mol. The Kier molecular flexibility index (Phi) is 16.8. The second-order valence-corrected chi connectivity index (χ2v) is 8.14. The third-order valence-electron chi connectivity index (χ3n) is 5.52. The number of nitrogens with two attached hydrogens (primary N) is 1. The van der Waals surface area contributed by atoms with Crippen LogP contribution in [0.1, 0.15) is 91.4 Å². The van der Waals surface area contributed by atoms with Crippen LogP contribution in [0, 0.1) is 11.8 Å². The van der Waals surface area contributed by atoms with Crippen molar-refractivity contribution in [3.63, 3.8) is 0 Å². The van der Waals surface area contributed by atoms with Crippen molar-refractivity contribution in [2.24, 2.45) is 17.6 Å². The van der Waals surface area contributed by atoms with Gasteiger partial charge >= 0.3 is 0 Å². The van der Waals surface area contributed by atoms with E-state index in [4.69, 9.17) is 9.53 Å². The highest BCUT2D eigenvalue weighted by atomic mass is 16.5. The first-order chi connectivity index (χ1) is 14.0. The Hall–Kier alpha value is -1.27. The Morgan fingerprint density at radius 1 is 1.03 bits per heavy atom. The smallest absolute Gasteiger partial charge is 0.220 e. The van der Waals surface area contributed by atoms with Gasteiger partial charge in [0, 0.05) is 30.9 Å². The van der Waals surface area contributed by atoms with Gasteiger partial charge < -0.3 is 20.6 Å². The van der Waals surface area contributed by atoms with E-state index in [1.54, 1.807) is 0 Å². The summed E-state index contributed by atoms with van der Waals surface area (Å²) in [4.78, 5) is 32.9. The van der Waals surface area contributed by atoms with Crippen molar-refractivity contribution >= 4 is 18.0 Å². The van der Waals surface area contributed by atoms with Crippen molar-refractivity contribution in [2.45, 2.75) is 104 Å². The molecule has 29 heavy (non-hydrogen) atoms. The summed E-state index contributed by atoms with van der Waals surface area (Å²) in [5, 5.41) is 3.14. The maximum absolute atomic E-state index is 12.1. The molecule has 0 unspecified atom stereocenters. The third-order valence-corrected chi connectivity index (χ3v) is 5.52. The molecule has 1 amide bonds. The van der Waals surface area contributed by atoms with Gasteiger partial charge in [0.25, 0.3) is 0 Å². The van der Waals surface area contributed by atoms with Crippen LogP contribution in [0.5, 0.6) is 0 Å². The fraction of sp³-hybridized carbons (Fsp3) is 0.870. The molecule has 0 atom stereocenters. The number of amides is 1. The number of ether oxygens (including phenoxy) is 1. The second-order valence-electron chi connectivity index (χ2n) is 8.14. The molecule has 2 rings (SSSR count). The second kappa shape index (κ2) is 17.6. The number of ketones is 1. The van der Waals surface area contributed by atoms with Crippen LogP contribution in [0.15, 0.2) is 0 Å². The average molecular weight is 413 g/mol. The molecule has 170 valence electrons. The van der Waals surface area contributed by atoms with Gasteiger partial charge in [-0.3, -0.25) is 9.59 Å². The fourth-order valence-electron chi connectivity index (χ4n) is 4.01. The summed E-state index contributed by atoms with van der Waals surface area (Å²) in [6.07, 6.45) is 12.5. The highest BCUT2D eigenvalue weighted by Gasteiger charge is 2.28. The topological polar surface area (TPSA) is 98.5 Å². The van der Waals surface area contributed by atoms with Crippen LogP contribution in [0.2, 0.25) is 0 Å². The average Bonchev–Trinajstić information content (AvgIpc) is 2.74. The largest absolute Gasteiger partial charge is 0.378 e. The number of Topliss-reactive ketones (excluding diaryl/α,β-unsaturated/α-hetero) is 1. The standard InChI is InChI=1S/C20H35NO3.C2H4O.CH5N/c1-15(2)20(23)16-10-12-17(13-11-16)21-19(22)9-6-14-24-18-7-4-3-5-8-18;1-2-3;1-2/h15-18H,3-14H2,1-2H3,(H,21,22);2H,1H3;2H2,1H3. The highest BCUT2D eigenvalue weighted by molar-refractivity contribution is 5.83. The zero-order valence-electron chi connectivity index (χ0n) is 19.1. The van der Waals surface area contributed by atoms with E-state index in [-0.39, 0.29) is 23.8 Å². The predicted octanol–water partition coefficient (Wildman–Crippen LogP) is 3.80. The summed E-state index contributed by atoms with van der Waals surface area (Å²) >= 11 is 0. The number of hydrogen-bond acceptors (Lipinski definition) is 5. The molecule has 6 nitrogen and oxygen atoms in total. The van der Waals surface area contributed by atoms with Gasteiger partial charge in [-0.25, -0.2) is 0 Å². The molecule has 6 heteroatoms. The van der Waals surface area contributed by atoms with E-state index in [0.717, 1.165) is 38.4 Å². The van der Waals surface area contributed by atoms with Crippen molar-refractivity contribution in [3.05, 3.63) is 0 Å². The van der Waals surface area contributed by atoms with Gasteiger partial charge in [-0.05, 0) is 58.9 Å². The maximum atomic E-state index is 12.1. The van der Waals surface area contributed by atoms with Gasteiger partial charge in [-0.1, -0.05) is 33.1 Å². The van der Waals surface area contributed by atoms with Gasteiger partial charge in [-0.15, -0.1) is 0 Å². The van der Waals surface area contributed by atoms with Gasteiger partial charge in [0.05, 0.1) is 6.10 Å². The molecular formula is C23H44N2O4. The fourth-order valence-corrected chi connectivity index (χ4v) is 4.01. The minimum atomic E-state index is 0.130. The van der Waals surface area contributed by atoms with Gasteiger partial charge in [-0.2, -0.15) is 0 Å². The van der Waals surface area contributed by atoms with Crippen molar-refractivity contribution in [3.8, 4) is 0 Å². The maximum Gasteiger partial charge on any atom is 0.220 e. The molecular weight excluding hydrogens is 368 g/mol. The summed E-state index contributed by atoms with van der Waals surface area (Å²) in [5.41, 5.74) is 4.50. The normalized spacial score (nSPS) is 21.9. The van der Waals surface area contributed by atoms with Gasteiger partial charge in [0.15, 0.2) is 0 Å². The molecule has 0 spiro atoms. The van der Waals surface area contributed by atoms with E-state index in [1.165, 1.54) is 46.1 Å². The Bertz CT molecular complexity index is 440. The number of carbonyl (C=O) groups excluding carboxylic acids is 3. The number of hydrogen-bond donors (Lipinski definition) is 2. The SMILES string of the molecule is CC(C)C(=O)C1CCC(NC(=O)CCCOC2CCCCC2)CC1.CC=O.CN. The van der Waals surface area contributed by atoms with Crippen molar-refractivity contribution in [1.29, 1.82) is 0 Å². The summed E-state index contributed by atoms with van der Waals surface area (Å²) in [7, 11) is 1.50. The van der Waals surface area contributed by atoms with Crippen molar-refractivity contribution < 1.29 is 19.1 Å². The molecule has 0 heterocycles. The van der Waals surface area contributed by atoms with Crippen LogP contribution in [0.25, 0.3) is 0 Å². The Morgan fingerprint density at radius 3 is 2.10 bits per heavy atom. The number of nitrogens with one attached hydrogen (secondary N) is 1. The van der Waals surface area contributed by atoms with Crippen LogP contribution in [-0.2, 0) is 19.1 Å². The Labute approximate surface area is 177 Å². The zero-order valence-corrected chi connectivity index (χ0v) is 19.1. The van der Waals surface area contributed by atoms with Crippen LogP contribution < -0.4 is 11.1 Å². The highest BCUT2D eigenvalue weighted by Crippen LogP contribution is 2.27. The van der Waals surface area contributed by atoms with E-state index in [9.17, 15) is 9.59 Å². The molecule has 0 aromatic carbocycles. The molecule has 2 aliphatic carbocycles. The van der Waals surface area contributed by atoms with E-state index < -0.39 is 0 Å². The number of aldehydes is 1. The Morgan fingerprint density at radius 2 is 1.59 bits per heavy atom. The lowest BCUT2D eigenvalue weighted by Crippen LogP contribution is -2.39. The summed E-state index contributed by atoms with van der Waals surface area (Å²) < 4.78 is 5.87. The first-order valence-electron chi connectivity index (χ1n) is 11.4. The van der Waals surface area contributed by atoms with Gasteiger partial charge in [0.2, 0.25) is 5.91 Å². The first kappa shape index (κ1) is 27.7. The van der Waals surface area contributed by atoms with E-state index >= 15 is 0 Å². The lowest BCUT2D eigenvalue weighted by atomic mass is 9.80. The lowest BCUT2D eigenvalue weighted by Gasteiger charge is -2.29. The summed E-state index contributed by atoms with van der Waals surface area (Å²) in [6.45, 7) is 6.10. The minimum Gasteiger partial charge on any atom is -0.378 e. The molecule has 2 aliphatic rings. The predicted molar refractivity (Wildman–Crippen MR) is 118 cm³/mol. The molecule has 0 bridgehead atoms. The molecule has 0 aliphatic heterocycles. The van der Waals surface area contributed by atoms with Gasteiger partial charge in [0.1, 0.15) is 12.1 Å². The molecule has 0 radical (unpaired) electrons. The van der Waals surface area contributed by atoms with E-state index in [2.05, 4.69) is 11.1 Å². The minimum absolute atomic E-state index is 0.130. The van der Waals surface area contributed by atoms with Crippen LogP contribution in [-0.4, -0.2) is 43.8 Å². The zero-order chi connectivity index (χ0) is 22.1. The molecule has 0 aromatic rings. The molecule has 0 saturated heterocycles. The molecule has 2 fully saturated rings. The summed E-state index contributed by atoms with van der Waals surface area (Å²) in [5.74, 6) is 0.868. The molecule has 0 aromatic heterocycles. The van der Waals surface area contributed by atoms with E-state index in [1.807, 2.05) is 13.8 Å². The van der Waals surface area contributed by atoms with Crippen LogP contribution >= 0.6 is 0 Å². The number of carbonyl (C=O) groups is 3. The quantitative estimate of drug-likeness (QED) is 0.467. The number of rotatable bonds is 8. The van der Waals surface area contributed by atoms with E-state index in [0.29, 0.717) is 24.9 Å². The molecule has 2 saturated carbocycles. The third kappa shape index (κ3) is 12.8. The summed E-state index contributed by atoms with van der Waals surface area (Å²) in [6, 6.07) is 0.257. The van der Waals surface area contributed by atoms with Crippen LogP contribution in [0.4, 0.5) is 0 Å². The lowest BCUT2D eigenvalue weighted by molar-refractivity contribution is -0.127. The van der Waals surface area contributed by atoms with Crippen molar-refractivity contribution in [1.82, 2.24) is 5.32 Å².